The van der Waals surface area contributed by atoms with Crippen LogP contribution in [0.2, 0.25) is 0 Å². The van der Waals surface area contributed by atoms with Crippen LogP contribution in [-0.2, 0) is 13.0 Å². The summed E-state index contributed by atoms with van der Waals surface area (Å²) < 4.78 is 30.0. The predicted octanol–water partition coefficient (Wildman–Crippen LogP) is 3.68. The summed E-state index contributed by atoms with van der Waals surface area (Å²) in [5.74, 6) is -0.0761. The number of hydrogen-bond donors (Lipinski definition) is 2. The molecule has 1 aliphatic rings. The molecule has 0 aromatic carbocycles. The minimum absolute atomic E-state index is 0.112. The molecule has 0 atom stereocenters. The molecular formula is C21H23F2N5O. The highest BCUT2D eigenvalue weighted by atomic mass is 19.1. The summed E-state index contributed by atoms with van der Waals surface area (Å²) in [6, 6.07) is 1.45. The van der Waals surface area contributed by atoms with Crippen molar-refractivity contribution >= 4 is 17.2 Å². The molecule has 0 amide bonds. The molecule has 0 fully saturated rings. The molecule has 3 aromatic heterocycles. The first kappa shape index (κ1) is 19.4. The van der Waals surface area contributed by atoms with Gasteiger partial charge in [0.25, 0.3) is 0 Å². The summed E-state index contributed by atoms with van der Waals surface area (Å²) in [4.78, 5) is 13.0. The van der Waals surface area contributed by atoms with Gasteiger partial charge in [-0.05, 0) is 44.7 Å². The summed E-state index contributed by atoms with van der Waals surface area (Å²) in [7, 11) is 0. The van der Waals surface area contributed by atoms with Crippen molar-refractivity contribution in [3.63, 3.8) is 0 Å². The number of aromatic nitrogens is 4. The smallest absolute Gasteiger partial charge is 0.222 e. The second-order valence-electron chi connectivity index (χ2n) is 7.81. The Bertz CT molecular complexity index is 1080. The Morgan fingerprint density at radius 2 is 2.10 bits per heavy atom. The average molecular weight is 399 g/mol. The first-order valence-electron chi connectivity index (χ1n) is 9.61. The van der Waals surface area contributed by atoms with Crippen LogP contribution >= 0.6 is 0 Å². The van der Waals surface area contributed by atoms with Crippen LogP contribution in [0.15, 0.2) is 30.7 Å². The minimum Gasteiger partial charge on any atom is -0.390 e. The zero-order valence-electron chi connectivity index (χ0n) is 16.4. The molecule has 0 saturated carbocycles. The summed E-state index contributed by atoms with van der Waals surface area (Å²) in [6.07, 6.45) is 9.48. The number of halogens is 2. The number of anilines is 1. The maximum atomic E-state index is 14.6. The fourth-order valence-electron chi connectivity index (χ4n) is 3.46. The number of imidazole rings is 1. The van der Waals surface area contributed by atoms with E-state index in [1.165, 1.54) is 26.1 Å². The lowest BCUT2D eigenvalue weighted by molar-refractivity contribution is 0.234. The van der Waals surface area contributed by atoms with Gasteiger partial charge in [-0.1, -0.05) is 6.08 Å². The van der Waals surface area contributed by atoms with Gasteiger partial charge in [-0.15, -0.1) is 0 Å². The van der Waals surface area contributed by atoms with E-state index in [4.69, 9.17) is 0 Å². The standard InChI is InChI=1S/C21H23F2N5O/c1-21(2,23)12-26-20-25-9-16-15(5-3-4-6-18(16)27-20)13-7-17(22)19-24-8-14(11-29)28(19)10-13/h5,7-10,29H,3-4,6,11-12H2,1-2H3,(H,25,26,27). The Kier molecular flexibility index (Phi) is 5.04. The van der Waals surface area contributed by atoms with E-state index in [-0.39, 0.29) is 18.8 Å². The molecule has 3 aromatic rings. The van der Waals surface area contributed by atoms with E-state index in [1.807, 2.05) is 0 Å². The number of alkyl halides is 1. The normalized spacial score (nSPS) is 14.4. The van der Waals surface area contributed by atoms with Crippen LogP contribution in [0.25, 0.3) is 11.2 Å². The Balaban J connectivity index is 1.74. The summed E-state index contributed by atoms with van der Waals surface area (Å²) >= 11 is 0. The number of rotatable bonds is 5. The predicted molar refractivity (Wildman–Crippen MR) is 107 cm³/mol. The van der Waals surface area contributed by atoms with E-state index in [0.717, 1.165) is 36.1 Å². The lowest BCUT2D eigenvalue weighted by atomic mass is 9.99. The fraction of sp³-hybridized carbons (Fsp3) is 0.381. The highest BCUT2D eigenvalue weighted by Crippen LogP contribution is 2.31. The molecule has 0 unspecified atom stereocenters. The van der Waals surface area contributed by atoms with Crippen LogP contribution in [0.3, 0.4) is 0 Å². The van der Waals surface area contributed by atoms with Gasteiger partial charge in [0.1, 0.15) is 5.67 Å². The van der Waals surface area contributed by atoms with Gasteiger partial charge in [-0.2, -0.15) is 0 Å². The van der Waals surface area contributed by atoms with Crippen LogP contribution in [0.4, 0.5) is 14.7 Å². The van der Waals surface area contributed by atoms with Gasteiger partial charge >= 0.3 is 0 Å². The molecule has 0 spiro atoms. The highest BCUT2D eigenvalue weighted by Gasteiger charge is 2.20. The highest BCUT2D eigenvalue weighted by molar-refractivity contribution is 5.81. The minimum atomic E-state index is -1.37. The van der Waals surface area contributed by atoms with Crippen molar-refractivity contribution in [1.82, 2.24) is 19.4 Å². The first-order valence-corrected chi connectivity index (χ1v) is 9.61. The first-order chi connectivity index (χ1) is 13.9. The molecular weight excluding hydrogens is 376 g/mol. The number of aliphatic hydroxyl groups excluding tert-OH is 1. The van der Waals surface area contributed by atoms with Crippen LogP contribution in [0.5, 0.6) is 0 Å². The number of nitrogens with zero attached hydrogens (tertiary/aromatic N) is 4. The van der Waals surface area contributed by atoms with E-state index in [0.29, 0.717) is 17.2 Å². The molecule has 0 aliphatic heterocycles. The van der Waals surface area contributed by atoms with Crippen LogP contribution in [0.1, 0.15) is 49.2 Å². The maximum absolute atomic E-state index is 14.6. The summed E-state index contributed by atoms with van der Waals surface area (Å²) in [5, 5.41) is 12.4. The largest absolute Gasteiger partial charge is 0.390 e. The number of fused-ring (bicyclic) bond motifs is 2. The molecule has 152 valence electrons. The zero-order valence-corrected chi connectivity index (χ0v) is 16.4. The van der Waals surface area contributed by atoms with E-state index in [2.05, 4.69) is 26.3 Å². The molecule has 3 heterocycles. The van der Waals surface area contributed by atoms with E-state index in [1.54, 1.807) is 16.8 Å². The van der Waals surface area contributed by atoms with Crippen molar-refractivity contribution in [2.45, 2.75) is 45.4 Å². The molecule has 4 rings (SSSR count). The SMILES string of the molecule is CC(C)(F)CNc1ncc2c(n1)CCCC=C2c1cc(F)c2ncc(CO)n2c1. The third-order valence-electron chi connectivity index (χ3n) is 4.90. The quantitative estimate of drug-likeness (QED) is 0.685. The summed E-state index contributed by atoms with van der Waals surface area (Å²) in [6.45, 7) is 2.86. The average Bonchev–Trinajstić information content (AvgIpc) is 2.98. The number of pyridine rings is 1. The monoisotopic (exact) mass is 399 g/mol. The van der Waals surface area contributed by atoms with Gasteiger partial charge in [-0.25, -0.2) is 23.7 Å². The van der Waals surface area contributed by atoms with Crippen molar-refractivity contribution in [2.24, 2.45) is 0 Å². The molecule has 0 bridgehead atoms. The van der Waals surface area contributed by atoms with Crippen LogP contribution < -0.4 is 5.32 Å². The number of hydrogen-bond acceptors (Lipinski definition) is 5. The molecule has 8 heteroatoms. The van der Waals surface area contributed by atoms with Crippen molar-refractivity contribution in [3.05, 3.63) is 59.1 Å². The molecule has 0 saturated heterocycles. The van der Waals surface area contributed by atoms with E-state index < -0.39 is 11.5 Å². The second kappa shape index (κ2) is 7.51. The lowest BCUT2D eigenvalue weighted by Crippen LogP contribution is -2.25. The third kappa shape index (κ3) is 3.98. The topological polar surface area (TPSA) is 75.3 Å². The van der Waals surface area contributed by atoms with Gasteiger partial charge < -0.3 is 10.4 Å². The van der Waals surface area contributed by atoms with Crippen molar-refractivity contribution in [3.8, 4) is 0 Å². The van der Waals surface area contributed by atoms with Crippen molar-refractivity contribution in [2.75, 3.05) is 11.9 Å². The Morgan fingerprint density at radius 1 is 1.28 bits per heavy atom. The van der Waals surface area contributed by atoms with E-state index >= 15 is 0 Å². The Morgan fingerprint density at radius 3 is 2.86 bits per heavy atom. The maximum Gasteiger partial charge on any atom is 0.222 e. The Labute approximate surface area is 167 Å². The number of allylic oxidation sites excluding steroid dienone is 1. The zero-order chi connectivity index (χ0) is 20.6. The van der Waals surface area contributed by atoms with Crippen LogP contribution in [0, 0.1) is 5.82 Å². The molecule has 2 N–H and O–H groups in total. The van der Waals surface area contributed by atoms with Gasteiger partial charge in [0.15, 0.2) is 11.5 Å². The molecule has 6 nitrogen and oxygen atoms in total. The molecule has 0 radical (unpaired) electrons. The number of aliphatic hydroxyl groups is 1. The van der Waals surface area contributed by atoms with Gasteiger partial charge in [0, 0.05) is 23.5 Å². The van der Waals surface area contributed by atoms with E-state index in [9.17, 15) is 13.9 Å². The number of aryl methyl sites for hydroxylation is 1. The molecule has 1 aliphatic carbocycles. The number of nitrogens with one attached hydrogen (secondary N) is 1. The Hall–Kier alpha value is -2.87. The second-order valence-corrected chi connectivity index (χ2v) is 7.81. The fourth-order valence-corrected chi connectivity index (χ4v) is 3.46. The van der Waals surface area contributed by atoms with Crippen LogP contribution in [-0.4, -0.2) is 36.7 Å². The lowest BCUT2D eigenvalue weighted by Gasteiger charge is -2.16. The van der Waals surface area contributed by atoms with Gasteiger partial charge in [0.05, 0.1) is 30.7 Å². The van der Waals surface area contributed by atoms with Gasteiger partial charge in [0.2, 0.25) is 5.95 Å². The van der Waals surface area contributed by atoms with Crippen molar-refractivity contribution in [1.29, 1.82) is 0 Å². The molecule has 29 heavy (non-hydrogen) atoms. The van der Waals surface area contributed by atoms with Crippen molar-refractivity contribution < 1.29 is 13.9 Å². The van der Waals surface area contributed by atoms with Gasteiger partial charge in [-0.3, -0.25) is 4.40 Å². The third-order valence-corrected chi connectivity index (χ3v) is 4.90. The summed E-state index contributed by atoms with van der Waals surface area (Å²) in [5.41, 5.74) is 2.50.